The fraction of sp³-hybridized carbons (Fsp3) is 0.760. The van der Waals surface area contributed by atoms with E-state index in [4.69, 9.17) is 0 Å². The van der Waals surface area contributed by atoms with Gasteiger partial charge < -0.3 is 4.90 Å². The monoisotopic (exact) mass is 412 g/mol. The Bertz CT molecular complexity index is 652. The molecule has 4 rings (SSSR count). The van der Waals surface area contributed by atoms with Gasteiger partial charge in [0.1, 0.15) is 0 Å². The van der Waals surface area contributed by atoms with Crippen LogP contribution < -0.4 is 0 Å². The van der Waals surface area contributed by atoms with Crippen LogP contribution >= 0.6 is 0 Å². The zero-order valence-electron chi connectivity index (χ0n) is 18.8. The SMILES string of the molecule is CCN(C(=O)C1CCCN(C2CCN(Cc3ccncc3)CC2)C1)C1CCCCC1. The van der Waals surface area contributed by atoms with Crippen molar-refractivity contribution in [3.05, 3.63) is 30.1 Å². The Hall–Kier alpha value is -1.46. The van der Waals surface area contributed by atoms with Gasteiger partial charge in [-0.2, -0.15) is 0 Å². The lowest BCUT2D eigenvalue weighted by Gasteiger charge is -2.43. The lowest BCUT2D eigenvalue weighted by molar-refractivity contribution is -0.140. The minimum absolute atomic E-state index is 0.218. The van der Waals surface area contributed by atoms with Crippen molar-refractivity contribution in [3.8, 4) is 0 Å². The van der Waals surface area contributed by atoms with Crippen LogP contribution in [0.4, 0.5) is 0 Å². The molecule has 3 aliphatic rings. The molecule has 5 heteroatoms. The van der Waals surface area contributed by atoms with Crippen LogP contribution in [0.3, 0.4) is 0 Å². The fourth-order valence-corrected chi connectivity index (χ4v) is 5.95. The number of aromatic nitrogens is 1. The first-order valence-electron chi connectivity index (χ1n) is 12.4. The first kappa shape index (κ1) is 21.8. The van der Waals surface area contributed by atoms with E-state index >= 15 is 0 Å². The lowest BCUT2D eigenvalue weighted by Crippen LogP contribution is -2.52. The van der Waals surface area contributed by atoms with Crippen molar-refractivity contribution in [2.24, 2.45) is 5.92 Å². The maximum atomic E-state index is 13.4. The molecular weight excluding hydrogens is 372 g/mol. The number of carbonyl (C=O) groups is 1. The third kappa shape index (κ3) is 5.42. The minimum Gasteiger partial charge on any atom is -0.340 e. The maximum absolute atomic E-state index is 13.4. The zero-order chi connectivity index (χ0) is 20.8. The van der Waals surface area contributed by atoms with E-state index < -0.39 is 0 Å². The van der Waals surface area contributed by atoms with Gasteiger partial charge in [0, 0.05) is 44.1 Å². The van der Waals surface area contributed by atoms with Gasteiger partial charge in [-0.05, 0) is 82.8 Å². The molecule has 1 aromatic rings. The largest absolute Gasteiger partial charge is 0.340 e. The smallest absolute Gasteiger partial charge is 0.227 e. The summed E-state index contributed by atoms with van der Waals surface area (Å²) < 4.78 is 0. The van der Waals surface area contributed by atoms with Crippen LogP contribution in [-0.2, 0) is 11.3 Å². The summed E-state index contributed by atoms with van der Waals surface area (Å²) in [6, 6.07) is 5.40. The molecule has 166 valence electrons. The quantitative estimate of drug-likeness (QED) is 0.710. The molecule has 0 radical (unpaired) electrons. The summed E-state index contributed by atoms with van der Waals surface area (Å²) >= 11 is 0. The van der Waals surface area contributed by atoms with E-state index in [1.807, 2.05) is 12.4 Å². The van der Waals surface area contributed by atoms with E-state index in [9.17, 15) is 4.79 Å². The molecular formula is C25H40N4O. The van der Waals surface area contributed by atoms with E-state index in [2.05, 4.69) is 38.7 Å². The standard InChI is InChI=1S/C25H40N4O/c1-2-29(24-8-4-3-5-9-24)25(30)22-7-6-16-28(20-22)23-12-17-27(18-13-23)19-21-10-14-26-15-11-21/h10-11,14-15,22-24H,2-9,12-13,16-20H2,1H3. The van der Waals surface area contributed by atoms with E-state index in [-0.39, 0.29) is 5.92 Å². The highest BCUT2D eigenvalue weighted by molar-refractivity contribution is 5.79. The zero-order valence-corrected chi connectivity index (χ0v) is 18.8. The van der Waals surface area contributed by atoms with Crippen LogP contribution in [-0.4, -0.2) is 70.4 Å². The second-order valence-electron chi connectivity index (χ2n) is 9.61. The summed E-state index contributed by atoms with van der Waals surface area (Å²) in [7, 11) is 0. The molecule has 0 N–H and O–H groups in total. The van der Waals surface area contributed by atoms with Crippen molar-refractivity contribution >= 4 is 5.91 Å². The van der Waals surface area contributed by atoms with Gasteiger partial charge in [0.2, 0.25) is 5.91 Å². The molecule has 1 aromatic heterocycles. The molecule has 3 fully saturated rings. The van der Waals surface area contributed by atoms with Crippen molar-refractivity contribution in [1.29, 1.82) is 0 Å². The fourth-order valence-electron chi connectivity index (χ4n) is 5.95. The Kier molecular flexibility index (Phi) is 7.78. The summed E-state index contributed by atoms with van der Waals surface area (Å²) in [5.74, 6) is 0.666. The molecule has 0 spiro atoms. The molecule has 2 saturated heterocycles. The Labute approximate surface area is 182 Å². The predicted molar refractivity (Wildman–Crippen MR) is 121 cm³/mol. The molecule has 1 saturated carbocycles. The molecule has 1 aliphatic carbocycles. The van der Waals surface area contributed by atoms with Gasteiger partial charge in [-0.3, -0.25) is 19.6 Å². The second kappa shape index (κ2) is 10.7. The number of rotatable bonds is 6. The van der Waals surface area contributed by atoms with Gasteiger partial charge in [0.15, 0.2) is 0 Å². The first-order valence-corrected chi connectivity index (χ1v) is 12.4. The maximum Gasteiger partial charge on any atom is 0.227 e. The van der Waals surface area contributed by atoms with E-state index in [0.717, 1.165) is 39.1 Å². The van der Waals surface area contributed by atoms with Crippen LogP contribution in [0.25, 0.3) is 0 Å². The molecule has 0 bridgehead atoms. The van der Waals surface area contributed by atoms with Gasteiger partial charge >= 0.3 is 0 Å². The number of hydrogen-bond donors (Lipinski definition) is 0. The number of piperidine rings is 2. The Morgan fingerprint density at radius 3 is 2.43 bits per heavy atom. The average molecular weight is 413 g/mol. The number of amides is 1. The Morgan fingerprint density at radius 2 is 1.73 bits per heavy atom. The molecule has 0 aromatic carbocycles. The normalized spacial score (nSPS) is 25.3. The number of carbonyl (C=O) groups excluding carboxylic acids is 1. The molecule has 2 aliphatic heterocycles. The molecule has 1 atom stereocenters. The van der Waals surface area contributed by atoms with Gasteiger partial charge in [-0.15, -0.1) is 0 Å². The summed E-state index contributed by atoms with van der Waals surface area (Å²) in [6.45, 7) is 8.56. The second-order valence-corrected chi connectivity index (χ2v) is 9.61. The summed E-state index contributed by atoms with van der Waals surface area (Å²) in [5.41, 5.74) is 1.36. The lowest BCUT2D eigenvalue weighted by atomic mass is 9.90. The Balaban J connectivity index is 1.28. The highest BCUT2D eigenvalue weighted by Gasteiger charge is 2.35. The van der Waals surface area contributed by atoms with E-state index in [1.54, 1.807) is 0 Å². The summed E-state index contributed by atoms with van der Waals surface area (Å²) in [4.78, 5) is 25.0. The number of likely N-dealkylation sites (tertiary alicyclic amines) is 2. The predicted octanol–water partition coefficient (Wildman–Crippen LogP) is 3.94. The molecule has 5 nitrogen and oxygen atoms in total. The van der Waals surface area contributed by atoms with Crippen LogP contribution in [0.15, 0.2) is 24.5 Å². The average Bonchev–Trinajstić information content (AvgIpc) is 2.81. The van der Waals surface area contributed by atoms with E-state index in [0.29, 0.717) is 18.0 Å². The highest BCUT2D eigenvalue weighted by Crippen LogP contribution is 2.28. The number of hydrogen-bond acceptors (Lipinski definition) is 4. The molecule has 3 heterocycles. The van der Waals surface area contributed by atoms with E-state index in [1.165, 1.54) is 63.5 Å². The summed E-state index contributed by atoms with van der Waals surface area (Å²) in [5, 5.41) is 0. The molecule has 1 amide bonds. The van der Waals surface area contributed by atoms with Crippen molar-refractivity contribution < 1.29 is 4.79 Å². The van der Waals surface area contributed by atoms with Crippen LogP contribution in [0.5, 0.6) is 0 Å². The number of nitrogens with zero attached hydrogens (tertiary/aromatic N) is 4. The third-order valence-electron chi connectivity index (χ3n) is 7.67. The van der Waals surface area contributed by atoms with Gasteiger partial charge in [-0.25, -0.2) is 0 Å². The number of pyridine rings is 1. The minimum atomic E-state index is 0.218. The van der Waals surface area contributed by atoms with Crippen molar-refractivity contribution in [2.75, 3.05) is 32.7 Å². The van der Waals surface area contributed by atoms with Gasteiger partial charge in [0.25, 0.3) is 0 Å². The van der Waals surface area contributed by atoms with Crippen LogP contribution in [0.1, 0.15) is 70.3 Å². The topological polar surface area (TPSA) is 39.7 Å². The van der Waals surface area contributed by atoms with Crippen molar-refractivity contribution in [3.63, 3.8) is 0 Å². The van der Waals surface area contributed by atoms with Crippen molar-refractivity contribution in [1.82, 2.24) is 19.7 Å². The first-order chi connectivity index (χ1) is 14.7. The molecule has 30 heavy (non-hydrogen) atoms. The summed E-state index contributed by atoms with van der Waals surface area (Å²) in [6.07, 6.45) is 14.9. The van der Waals surface area contributed by atoms with Crippen LogP contribution in [0, 0.1) is 5.92 Å². The highest BCUT2D eigenvalue weighted by atomic mass is 16.2. The van der Waals surface area contributed by atoms with Crippen molar-refractivity contribution in [2.45, 2.75) is 83.3 Å². The van der Waals surface area contributed by atoms with Gasteiger partial charge in [0.05, 0.1) is 5.92 Å². The Morgan fingerprint density at radius 1 is 1.00 bits per heavy atom. The van der Waals surface area contributed by atoms with Crippen LogP contribution in [0.2, 0.25) is 0 Å². The third-order valence-corrected chi connectivity index (χ3v) is 7.67. The van der Waals surface area contributed by atoms with Gasteiger partial charge in [-0.1, -0.05) is 19.3 Å². The molecule has 1 unspecified atom stereocenters.